The molecule has 3 fully saturated rings. The van der Waals surface area contributed by atoms with Gasteiger partial charge in [-0.05, 0) is 69.7 Å². The first kappa shape index (κ1) is 15.8. The minimum absolute atomic E-state index is 0.355. The smallest absolute Gasteiger partial charge is 0.0335 e. The second kappa shape index (κ2) is 6.58. The van der Waals surface area contributed by atoms with Crippen molar-refractivity contribution in [2.75, 3.05) is 13.1 Å². The predicted octanol–water partition coefficient (Wildman–Crippen LogP) is 4.47. The summed E-state index contributed by atoms with van der Waals surface area (Å²) in [5.74, 6) is 0. The third-order valence-corrected chi connectivity index (χ3v) is 7.14. The Labute approximate surface area is 131 Å². The van der Waals surface area contributed by atoms with Crippen LogP contribution in [0, 0.1) is 5.41 Å². The molecule has 0 bridgehead atoms. The summed E-state index contributed by atoms with van der Waals surface area (Å²) in [5.41, 5.74) is 7.46. The highest BCUT2D eigenvalue weighted by Gasteiger charge is 2.47. The van der Waals surface area contributed by atoms with Gasteiger partial charge in [-0.1, -0.05) is 32.6 Å². The van der Waals surface area contributed by atoms with Gasteiger partial charge in [0.1, 0.15) is 0 Å². The number of hydrogen-bond donors (Lipinski definition) is 1. The van der Waals surface area contributed by atoms with E-state index in [4.69, 9.17) is 5.73 Å². The highest BCUT2D eigenvalue weighted by molar-refractivity contribution is 5.03. The van der Waals surface area contributed by atoms with Gasteiger partial charge in [-0.25, -0.2) is 0 Å². The van der Waals surface area contributed by atoms with Gasteiger partial charge >= 0.3 is 0 Å². The molecular weight excluding hydrogens is 256 g/mol. The lowest BCUT2D eigenvalue weighted by molar-refractivity contribution is -0.0318. The number of likely N-dealkylation sites (tertiary alicyclic amines) is 1. The van der Waals surface area contributed by atoms with Gasteiger partial charge in [0.15, 0.2) is 0 Å². The second-order valence-electron chi connectivity index (χ2n) is 8.27. The molecule has 0 aromatic heterocycles. The van der Waals surface area contributed by atoms with Crippen LogP contribution in [-0.2, 0) is 0 Å². The van der Waals surface area contributed by atoms with Crippen LogP contribution in [0.2, 0.25) is 0 Å². The van der Waals surface area contributed by atoms with Crippen LogP contribution in [0.25, 0.3) is 0 Å². The molecule has 2 aliphatic carbocycles. The van der Waals surface area contributed by atoms with Crippen molar-refractivity contribution in [1.29, 1.82) is 0 Å². The molecule has 1 heterocycles. The first-order valence-corrected chi connectivity index (χ1v) is 9.70. The first-order valence-electron chi connectivity index (χ1n) is 9.70. The molecule has 0 aromatic rings. The highest BCUT2D eigenvalue weighted by atomic mass is 15.2. The molecule has 2 heteroatoms. The Hall–Kier alpha value is -0.0800. The first-order chi connectivity index (χ1) is 10.2. The van der Waals surface area contributed by atoms with E-state index in [1.54, 1.807) is 0 Å². The Morgan fingerprint density at radius 3 is 2.29 bits per heavy atom. The quantitative estimate of drug-likeness (QED) is 0.828. The molecule has 1 atom stereocenters. The zero-order valence-electron chi connectivity index (χ0n) is 14.2. The van der Waals surface area contributed by atoms with Crippen molar-refractivity contribution in [2.45, 2.75) is 102 Å². The molecule has 1 spiro atoms. The van der Waals surface area contributed by atoms with Gasteiger partial charge < -0.3 is 5.73 Å². The summed E-state index contributed by atoms with van der Waals surface area (Å²) in [6.07, 6.45) is 18.6. The number of hydrogen-bond acceptors (Lipinski definition) is 2. The van der Waals surface area contributed by atoms with E-state index in [2.05, 4.69) is 11.8 Å². The molecule has 2 N–H and O–H groups in total. The Bertz CT molecular complexity index is 320. The molecule has 0 aromatic carbocycles. The van der Waals surface area contributed by atoms with Crippen molar-refractivity contribution >= 4 is 0 Å². The van der Waals surface area contributed by atoms with Crippen LogP contribution >= 0.6 is 0 Å². The molecule has 0 radical (unpaired) electrons. The minimum atomic E-state index is 0.355. The van der Waals surface area contributed by atoms with Crippen LogP contribution in [-0.4, -0.2) is 29.6 Å². The molecule has 3 rings (SSSR count). The second-order valence-corrected chi connectivity index (χ2v) is 8.27. The van der Waals surface area contributed by atoms with Crippen LogP contribution in [0.5, 0.6) is 0 Å². The molecule has 1 unspecified atom stereocenters. The van der Waals surface area contributed by atoms with Gasteiger partial charge in [0.25, 0.3) is 0 Å². The van der Waals surface area contributed by atoms with Gasteiger partial charge in [-0.3, -0.25) is 4.90 Å². The van der Waals surface area contributed by atoms with E-state index < -0.39 is 0 Å². The van der Waals surface area contributed by atoms with Gasteiger partial charge in [0, 0.05) is 18.1 Å². The SMILES string of the molecule is CCCC1CCCCN1C1(CN)CCC2(CCCC2)CC1. The molecule has 1 aliphatic heterocycles. The normalized spacial score (nSPS) is 32.6. The molecule has 122 valence electrons. The van der Waals surface area contributed by atoms with E-state index in [9.17, 15) is 0 Å². The summed E-state index contributed by atoms with van der Waals surface area (Å²) in [6, 6.07) is 0.824. The van der Waals surface area contributed by atoms with E-state index in [-0.39, 0.29) is 0 Å². The number of piperidine rings is 1. The van der Waals surface area contributed by atoms with Crippen LogP contribution < -0.4 is 5.73 Å². The molecule has 2 saturated carbocycles. The van der Waals surface area contributed by atoms with Crippen LogP contribution in [0.15, 0.2) is 0 Å². The lowest BCUT2D eigenvalue weighted by Crippen LogP contribution is -2.61. The average Bonchev–Trinajstić information content (AvgIpc) is 2.98. The van der Waals surface area contributed by atoms with Crippen molar-refractivity contribution in [3.05, 3.63) is 0 Å². The zero-order valence-corrected chi connectivity index (χ0v) is 14.2. The van der Waals surface area contributed by atoms with Crippen molar-refractivity contribution in [3.8, 4) is 0 Å². The Balaban J connectivity index is 1.71. The summed E-state index contributed by atoms with van der Waals surface area (Å²) in [5, 5.41) is 0. The fraction of sp³-hybridized carbons (Fsp3) is 1.00. The molecule has 21 heavy (non-hydrogen) atoms. The maximum Gasteiger partial charge on any atom is 0.0335 e. The molecule has 2 nitrogen and oxygen atoms in total. The summed E-state index contributed by atoms with van der Waals surface area (Å²) in [4.78, 5) is 2.89. The van der Waals surface area contributed by atoms with Crippen molar-refractivity contribution < 1.29 is 0 Å². The van der Waals surface area contributed by atoms with E-state index in [0.717, 1.165) is 18.0 Å². The fourth-order valence-electron chi connectivity index (χ4n) is 5.74. The summed E-state index contributed by atoms with van der Waals surface area (Å²) >= 11 is 0. The standard InChI is InChI=1S/C19H36N2/c1-2-7-17-8-3-6-15-21(17)19(16-20)13-11-18(12-14-19)9-4-5-10-18/h17H,2-16,20H2,1H3. The third kappa shape index (κ3) is 3.03. The van der Waals surface area contributed by atoms with E-state index in [1.165, 1.54) is 90.0 Å². The minimum Gasteiger partial charge on any atom is -0.329 e. The number of nitrogens with two attached hydrogens (primary N) is 1. The molecule has 3 aliphatic rings. The van der Waals surface area contributed by atoms with E-state index >= 15 is 0 Å². The number of nitrogens with zero attached hydrogens (tertiary/aromatic N) is 1. The van der Waals surface area contributed by atoms with E-state index in [0.29, 0.717) is 5.54 Å². The summed E-state index contributed by atoms with van der Waals surface area (Å²) in [7, 11) is 0. The lowest BCUT2D eigenvalue weighted by Gasteiger charge is -2.54. The van der Waals surface area contributed by atoms with Crippen molar-refractivity contribution in [2.24, 2.45) is 11.1 Å². The fourth-order valence-corrected chi connectivity index (χ4v) is 5.74. The van der Waals surface area contributed by atoms with Crippen LogP contribution in [0.1, 0.15) is 90.4 Å². The Morgan fingerprint density at radius 1 is 0.952 bits per heavy atom. The van der Waals surface area contributed by atoms with Crippen molar-refractivity contribution in [1.82, 2.24) is 4.90 Å². The zero-order chi connectivity index (χ0) is 14.8. The van der Waals surface area contributed by atoms with Gasteiger partial charge in [-0.15, -0.1) is 0 Å². The monoisotopic (exact) mass is 292 g/mol. The summed E-state index contributed by atoms with van der Waals surface area (Å²) in [6.45, 7) is 4.55. The van der Waals surface area contributed by atoms with Gasteiger partial charge in [-0.2, -0.15) is 0 Å². The number of rotatable bonds is 4. The Morgan fingerprint density at radius 2 is 1.67 bits per heavy atom. The predicted molar refractivity (Wildman–Crippen MR) is 90.4 cm³/mol. The maximum absolute atomic E-state index is 6.37. The highest BCUT2D eigenvalue weighted by Crippen LogP contribution is 2.53. The van der Waals surface area contributed by atoms with E-state index in [1.807, 2.05) is 0 Å². The largest absolute Gasteiger partial charge is 0.329 e. The van der Waals surface area contributed by atoms with Crippen molar-refractivity contribution in [3.63, 3.8) is 0 Å². The lowest BCUT2D eigenvalue weighted by atomic mass is 9.65. The topological polar surface area (TPSA) is 29.3 Å². The average molecular weight is 293 g/mol. The molecular formula is C19H36N2. The molecule has 0 amide bonds. The van der Waals surface area contributed by atoms with Crippen LogP contribution in [0.3, 0.4) is 0 Å². The van der Waals surface area contributed by atoms with Gasteiger partial charge in [0.2, 0.25) is 0 Å². The summed E-state index contributed by atoms with van der Waals surface area (Å²) < 4.78 is 0. The Kier molecular flexibility index (Phi) is 4.95. The maximum atomic E-state index is 6.37. The van der Waals surface area contributed by atoms with Crippen LogP contribution in [0.4, 0.5) is 0 Å². The third-order valence-electron chi connectivity index (χ3n) is 7.14. The van der Waals surface area contributed by atoms with Gasteiger partial charge in [0.05, 0.1) is 0 Å². The molecule has 1 saturated heterocycles.